The highest BCUT2D eigenvalue weighted by atomic mass is 35.5. The molecule has 21 heavy (non-hydrogen) atoms. The topological polar surface area (TPSA) is 83.5 Å². The van der Waals surface area contributed by atoms with Crippen LogP contribution in [0.4, 0.5) is 0 Å². The fourth-order valence-corrected chi connectivity index (χ4v) is 4.41. The van der Waals surface area contributed by atoms with E-state index in [9.17, 15) is 13.2 Å². The molecule has 1 aromatic carbocycles. The second kappa shape index (κ2) is 4.97. The van der Waals surface area contributed by atoms with Crippen molar-refractivity contribution < 1.29 is 18.3 Å². The predicted octanol–water partition coefficient (Wildman–Crippen LogP) is 2.51. The highest BCUT2D eigenvalue weighted by molar-refractivity contribution is 7.89. The van der Waals surface area contributed by atoms with E-state index in [1.807, 2.05) is 0 Å². The van der Waals surface area contributed by atoms with Crippen LogP contribution >= 0.6 is 11.6 Å². The van der Waals surface area contributed by atoms with Crippen molar-refractivity contribution in [3.05, 3.63) is 28.8 Å². The number of halogens is 1. The predicted molar refractivity (Wildman–Crippen MR) is 78.0 cm³/mol. The van der Waals surface area contributed by atoms with Crippen molar-refractivity contribution in [2.24, 2.45) is 11.3 Å². The molecule has 1 aromatic rings. The van der Waals surface area contributed by atoms with E-state index in [-0.39, 0.29) is 20.9 Å². The fraction of sp³-hybridized carbons (Fsp3) is 0.500. The van der Waals surface area contributed by atoms with Crippen LogP contribution in [0, 0.1) is 11.3 Å². The minimum atomic E-state index is -3.79. The first kappa shape index (κ1) is 14.8. The van der Waals surface area contributed by atoms with Crippen LogP contribution in [-0.4, -0.2) is 26.0 Å². The van der Waals surface area contributed by atoms with Gasteiger partial charge in [-0.2, -0.15) is 0 Å². The van der Waals surface area contributed by atoms with Gasteiger partial charge in [-0.3, -0.25) is 0 Å². The lowest BCUT2D eigenvalue weighted by Gasteiger charge is -2.16. The molecule has 0 radical (unpaired) electrons. The summed E-state index contributed by atoms with van der Waals surface area (Å²) in [5.41, 5.74) is 0.0346. The smallest absolute Gasteiger partial charge is 0.335 e. The van der Waals surface area contributed by atoms with Gasteiger partial charge in [0.1, 0.15) is 4.90 Å². The first-order valence-corrected chi connectivity index (χ1v) is 8.73. The maximum absolute atomic E-state index is 12.4. The Kier molecular flexibility index (Phi) is 3.50. The van der Waals surface area contributed by atoms with Crippen LogP contribution in [-0.2, 0) is 10.0 Å². The molecule has 2 aliphatic rings. The van der Waals surface area contributed by atoms with Crippen LogP contribution in [0.15, 0.2) is 23.1 Å². The molecule has 3 rings (SSSR count). The highest BCUT2D eigenvalue weighted by Crippen LogP contribution is 2.60. The lowest BCUT2D eigenvalue weighted by Crippen LogP contribution is -2.31. The number of aromatic carboxylic acids is 1. The standard InChI is InChI=1S/C14H16ClNO4S/c15-11-4-1-9(13(17)18)7-12(11)21(19,20)16-8-14(5-6-14)10-2-3-10/h1,4,7,10,16H,2-3,5-6,8H2,(H,17,18). The molecule has 0 spiro atoms. The van der Waals surface area contributed by atoms with E-state index in [1.54, 1.807) is 0 Å². The lowest BCUT2D eigenvalue weighted by molar-refractivity contribution is 0.0696. The van der Waals surface area contributed by atoms with E-state index < -0.39 is 16.0 Å². The van der Waals surface area contributed by atoms with E-state index >= 15 is 0 Å². The first-order chi connectivity index (χ1) is 9.84. The molecule has 2 saturated carbocycles. The molecular formula is C14H16ClNO4S. The molecule has 2 N–H and O–H groups in total. The number of carboxylic acids is 1. The Labute approximate surface area is 128 Å². The monoisotopic (exact) mass is 329 g/mol. The van der Waals surface area contributed by atoms with E-state index in [2.05, 4.69) is 4.72 Å². The summed E-state index contributed by atoms with van der Waals surface area (Å²) in [6.07, 6.45) is 4.47. The fourth-order valence-electron chi connectivity index (χ4n) is 2.74. The maximum atomic E-state index is 12.4. The number of benzene rings is 1. The molecule has 0 saturated heterocycles. The number of rotatable bonds is 6. The van der Waals surface area contributed by atoms with Gasteiger partial charge in [0.25, 0.3) is 0 Å². The van der Waals surface area contributed by atoms with Crippen molar-refractivity contribution in [2.45, 2.75) is 30.6 Å². The number of nitrogens with one attached hydrogen (secondary N) is 1. The van der Waals surface area contributed by atoms with Crippen LogP contribution in [0.1, 0.15) is 36.0 Å². The van der Waals surface area contributed by atoms with E-state index in [0.717, 1.165) is 18.9 Å². The Balaban J connectivity index is 1.81. The summed E-state index contributed by atoms with van der Waals surface area (Å²) in [4.78, 5) is 10.8. The van der Waals surface area contributed by atoms with Crippen LogP contribution < -0.4 is 4.72 Å². The van der Waals surface area contributed by atoms with E-state index in [4.69, 9.17) is 16.7 Å². The molecule has 0 atom stereocenters. The molecule has 0 unspecified atom stereocenters. The molecule has 5 nitrogen and oxygen atoms in total. The van der Waals surface area contributed by atoms with Crippen molar-refractivity contribution in [3.63, 3.8) is 0 Å². The third-order valence-corrected chi connectivity index (χ3v) is 6.30. The van der Waals surface area contributed by atoms with Gasteiger partial charge in [0.2, 0.25) is 10.0 Å². The second-order valence-corrected chi connectivity index (χ2v) is 8.05. The van der Waals surface area contributed by atoms with Gasteiger partial charge in [0.15, 0.2) is 0 Å². The van der Waals surface area contributed by atoms with Gasteiger partial charge in [-0.15, -0.1) is 0 Å². The van der Waals surface area contributed by atoms with Gasteiger partial charge in [-0.05, 0) is 55.2 Å². The van der Waals surface area contributed by atoms with Gasteiger partial charge in [0.05, 0.1) is 10.6 Å². The molecule has 0 aliphatic heterocycles. The third kappa shape index (κ3) is 2.93. The van der Waals surface area contributed by atoms with Gasteiger partial charge >= 0.3 is 5.97 Å². The highest BCUT2D eigenvalue weighted by Gasteiger charge is 2.53. The second-order valence-electron chi connectivity index (χ2n) is 5.91. The van der Waals surface area contributed by atoms with Gasteiger partial charge in [-0.25, -0.2) is 17.9 Å². The van der Waals surface area contributed by atoms with E-state index in [0.29, 0.717) is 12.5 Å². The first-order valence-electron chi connectivity index (χ1n) is 6.87. The summed E-state index contributed by atoms with van der Waals surface area (Å²) in [5, 5.41) is 8.99. The van der Waals surface area contributed by atoms with Crippen molar-refractivity contribution >= 4 is 27.6 Å². The number of carboxylic acid groups (broad SMARTS) is 1. The Morgan fingerprint density at radius 3 is 2.57 bits per heavy atom. The summed E-state index contributed by atoms with van der Waals surface area (Å²) < 4.78 is 27.3. The van der Waals surface area contributed by atoms with Crippen LogP contribution in [0.3, 0.4) is 0 Å². The van der Waals surface area contributed by atoms with Gasteiger partial charge in [0, 0.05) is 6.54 Å². The van der Waals surface area contributed by atoms with Crippen LogP contribution in [0.25, 0.3) is 0 Å². The molecule has 7 heteroatoms. The molecule has 114 valence electrons. The number of hydrogen-bond donors (Lipinski definition) is 2. The molecule has 0 heterocycles. The average Bonchev–Trinajstić information content (AvgIpc) is 3.28. The summed E-state index contributed by atoms with van der Waals surface area (Å²) in [6, 6.07) is 3.69. The quantitative estimate of drug-likeness (QED) is 0.840. The lowest BCUT2D eigenvalue weighted by atomic mass is 10.0. The van der Waals surface area contributed by atoms with Crippen LogP contribution in [0.2, 0.25) is 5.02 Å². The molecule has 0 aromatic heterocycles. The third-order valence-electron chi connectivity index (χ3n) is 4.42. The Morgan fingerprint density at radius 2 is 2.05 bits per heavy atom. The molecule has 0 bridgehead atoms. The Morgan fingerprint density at radius 1 is 1.38 bits per heavy atom. The largest absolute Gasteiger partial charge is 0.478 e. The van der Waals surface area contributed by atoms with E-state index in [1.165, 1.54) is 25.0 Å². The Bertz CT molecular complexity index is 693. The van der Waals surface area contributed by atoms with Crippen molar-refractivity contribution in [1.82, 2.24) is 4.72 Å². The van der Waals surface area contributed by atoms with Crippen molar-refractivity contribution in [3.8, 4) is 0 Å². The summed E-state index contributed by atoms with van der Waals surface area (Å²) in [6.45, 7) is 0.410. The zero-order chi connectivity index (χ0) is 15.3. The summed E-state index contributed by atoms with van der Waals surface area (Å²) in [7, 11) is -3.79. The minimum absolute atomic E-state index is 0.0313. The van der Waals surface area contributed by atoms with Gasteiger partial charge in [-0.1, -0.05) is 11.6 Å². The molecular weight excluding hydrogens is 314 g/mol. The zero-order valence-corrected chi connectivity index (χ0v) is 12.9. The number of sulfonamides is 1. The molecule has 2 aliphatic carbocycles. The average molecular weight is 330 g/mol. The maximum Gasteiger partial charge on any atom is 0.335 e. The molecule has 2 fully saturated rings. The molecule has 0 amide bonds. The Hall–Kier alpha value is -1.11. The normalized spacial score (nSPS) is 20.2. The summed E-state index contributed by atoms with van der Waals surface area (Å²) >= 11 is 5.91. The SMILES string of the molecule is O=C(O)c1ccc(Cl)c(S(=O)(=O)NCC2(C3CC3)CC2)c1. The van der Waals surface area contributed by atoms with Crippen molar-refractivity contribution in [1.29, 1.82) is 0 Å². The number of hydrogen-bond acceptors (Lipinski definition) is 3. The minimum Gasteiger partial charge on any atom is -0.478 e. The summed E-state index contributed by atoms with van der Waals surface area (Å²) in [5.74, 6) is -0.541. The number of carbonyl (C=O) groups is 1. The zero-order valence-electron chi connectivity index (χ0n) is 11.3. The van der Waals surface area contributed by atoms with Gasteiger partial charge < -0.3 is 5.11 Å². The van der Waals surface area contributed by atoms with Crippen LogP contribution in [0.5, 0.6) is 0 Å². The van der Waals surface area contributed by atoms with Crippen molar-refractivity contribution in [2.75, 3.05) is 6.54 Å².